The smallest absolute Gasteiger partial charge is 0.00137 e. The molecule has 0 unspecified atom stereocenters. The Kier molecular flexibility index (Phi) is 4.99. The minimum absolute atomic E-state index is 0.948. The number of hydrogen-bond acceptors (Lipinski definition) is 0. The third kappa shape index (κ3) is 3.37. The molecular weight excluding hydrogens is 324 g/mol. The predicted molar refractivity (Wildman–Crippen MR) is 118 cm³/mol. The van der Waals surface area contributed by atoms with Gasteiger partial charge < -0.3 is 0 Å². The predicted octanol–water partition coefficient (Wildman–Crippen LogP) is 7.11. The Morgan fingerprint density at radius 3 is 2.37 bits per heavy atom. The number of fused-ring (bicyclic) bond motifs is 1. The van der Waals surface area contributed by atoms with E-state index in [0.29, 0.717) is 0 Å². The molecule has 0 saturated carbocycles. The molecule has 0 aromatic heterocycles. The lowest BCUT2D eigenvalue weighted by Gasteiger charge is -2.18. The van der Waals surface area contributed by atoms with E-state index in [1.165, 1.54) is 50.1 Å². The molecule has 0 aliphatic heterocycles. The molecule has 0 nitrogen and oxygen atoms in total. The first-order valence-electron chi connectivity index (χ1n) is 10.2. The van der Waals surface area contributed by atoms with Crippen LogP contribution < -0.4 is 0 Å². The van der Waals surface area contributed by atoms with E-state index in [4.69, 9.17) is 0 Å². The van der Waals surface area contributed by atoms with Crippen molar-refractivity contribution in [1.82, 2.24) is 0 Å². The molecule has 0 saturated heterocycles. The minimum Gasteiger partial charge on any atom is -0.0949 e. The topological polar surface area (TPSA) is 0 Å². The average molecular weight is 353 g/mol. The van der Waals surface area contributed by atoms with E-state index in [-0.39, 0.29) is 0 Å². The van der Waals surface area contributed by atoms with Gasteiger partial charge in [0.2, 0.25) is 0 Å². The third-order valence-corrected chi connectivity index (χ3v) is 5.90. The van der Waals surface area contributed by atoms with Gasteiger partial charge in [0, 0.05) is 0 Å². The van der Waals surface area contributed by atoms with E-state index >= 15 is 0 Å². The maximum Gasteiger partial charge on any atom is -0.00137 e. The second-order valence-corrected chi connectivity index (χ2v) is 7.57. The Morgan fingerprint density at radius 1 is 0.926 bits per heavy atom. The van der Waals surface area contributed by atoms with Crippen LogP contribution in [0.15, 0.2) is 77.9 Å². The van der Waals surface area contributed by atoms with Crippen molar-refractivity contribution in [2.45, 2.75) is 46.0 Å². The second-order valence-electron chi connectivity index (χ2n) is 7.57. The van der Waals surface area contributed by atoms with E-state index in [0.717, 1.165) is 32.1 Å². The standard InChI is InChI=1S/C27H28/c1-4-20-12-8-13-21(5-2)27(20)19(3)16-24-14-9-15-26(24)25-17-22-10-6-7-11-23(22)18-25/h6-8,10-15,17H,3-5,9,16,18H2,1-2H3. The summed E-state index contributed by atoms with van der Waals surface area (Å²) in [5.41, 5.74) is 12.7. The molecule has 0 fully saturated rings. The van der Waals surface area contributed by atoms with Crippen LogP contribution in [0.3, 0.4) is 0 Å². The number of allylic oxidation sites excluding steroid dienone is 6. The molecule has 2 aromatic rings. The quantitative estimate of drug-likeness (QED) is 0.519. The van der Waals surface area contributed by atoms with Gasteiger partial charge in [0.1, 0.15) is 0 Å². The van der Waals surface area contributed by atoms with Gasteiger partial charge in [-0.2, -0.15) is 0 Å². The Hall–Kier alpha value is -2.60. The van der Waals surface area contributed by atoms with Gasteiger partial charge in [0.05, 0.1) is 0 Å². The van der Waals surface area contributed by atoms with Gasteiger partial charge in [-0.25, -0.2) is 0 Å². The number of benzene rings is 2. The highest BCUT2D eigenvalue weighted by Crippen LogP contribution is 2.39. The van der Waals surface area contributed by atoms with Gasteiger partial charge in [-0.3, -0.25) is 0 Å². The third-order valence-electron chi connectivity index (χ3n) is 5.90. The molecule has 2 aromatic carbocycles. The highest BCUT2D eigenvalue weighted by Gasteiger charge is 2.21. The molecule has 27 heavy (non-hydrogen) atoms. The summed E-state index contributed by atoms with van der Waals surface area (Å²) in [4.78, 5) is 0. The van der Waals surface area contributed by atoms with E-state index in [1.807, 2.05) is 0 Å². The van der Waals surface area contributed by atoms with Crippen LogP contribution in [0.5, 0.6) is 0 Å². The fraction of sp³-hybridized carbons (Fsp3) is 0.259. The van der Waals surface area contributed by atoms with E-state index in [9.17, 15) is 0 Å². The van der Waals surface area contributed by atoms with Crippen molar-refractivity contribution in [2.24, 2.45) is 0 Å². The van der Waals surface area contributed by atoms with Crippen molar-refractivity contribution < 1.29 is 0 Å². The van der Waals surface area contributed by atoms with Gasteiger partial charge >= 0.3 is 0 Å². The monoisotopic (exact) mass is 352 g/mol. The van der Waals surface area contributed by atoms with E-state index in [1.54, 1.807) is 0 Å². The van der Waals surface area contributed by atoms with Crippen molar-refractivity contribution >= 4 is 11.6 Å². The Morgan fingerprint density at radius 2 is 1.67 bits per heavy atom. The highest BCUT2D eigenvalue weighted by molar-refractivity contribution is 5.76. The normalized spacial score (nSPS) is 15.3. The van der Waals surface area contributed by atoms with Crippen LogP contribution in [-0.2, 0) is 19.3 Å². The average Bonchev–Trinajstić information content (AvgIpc) is 3.33. The van der Waals surface area contributed by atoms with Crippen LogP contribution in [0.4, 0.5) is 0 Å². The molecule has 0 heterocycles. The zero-order valence-electron chi connectivity index (χ0n) is 16.5. The fourth-order valence-electron chi connectivity index (χ4n) is 4.53. The number of aryl methyl sites for hydroxylation is 2. The van der Waals surface area contributed by atoms with Gasteiger partial charge in [0.25, 0.3) is 0 Å². The molecule has 0 radical (unpaired) electrons. The fourth-order valence-corrected chi connectivity index (χ4v) is 4.53. The lowest BCUT2D eigenvalue weighted by Crippen LogP contribution is -2.00. The van der Waals surface area contributed by atoms with Gasteiger partial charge in [-0.15, -0.1) is 0 Å². The molecule has 0 N–H and O–H groups in total. The summed E-state index contributed by atoms with van der Waals surface area (Å²) in [5, 5.41) is 0. The maximum absolute atomic E-state index is 4.52. The molecular formula is C27H28. The summed E-state index contributed by atoms with van der Waals surface area (Å²) in [7, 11) is 0. The van der Waals surface area contributed by atoms with Crippen LogP contribution in [-0.4, -0.2) is 0 Å². The van der Waals surface area contributed by atoms with Crippen LogP contribution in [0, 0.1) is 0 Å². The second kappa shape index (κ2) is 7.56. The Bertz CT molecular complexity index is 957. The summed E-state index contributed by atoms with van der Waals surface area (Å²) < 4.78 is 0. The Labute approximate surface area is 163 Å². The van der Waals surface area contributed by atoms with Crippen LogP contribution in [0.25, 0.3) is 11.6 Å². The van der Waals surface area contributed by atoms with Gasteiger partial charge in [-0.05, 0) is 82.2 Å². The van der Waals surface area contributed by atoms with Gasteiger partial charge in [0.15, 0.2) is 0 Å². The number of hydrogen-bond donors (Lipinski definition) is 0. The summed E-state index contributed by atoms with van der Waals surface area (Å²) in [6.07, 6.45) is 12.3. The molecule has 4 rings (SSSR count). The van der Waals surface area contributed by atoms with Crippen molar-refractivity contribution in [3.63, 3.8) is 0 Å². The zero-order chi connectivity index (χ0) is 18.8. The van der Waals surface area contributed by atoms with Gasteiger partial charge in [-0.1, -0.05) is 81.1 Å². The molecule has 0 amide bonds. The first-order chi connectivity index (χ1) is 13.2. The summed E-state index contributed by atoms with van der Waals surface area (Å²) in [6.45, 7) is 9.00. The van der Waals surface area contributed by atoms with E-state index in [2.05, 4.69) is 81.1 Å². The molecule has 2 aliphatic carbocycles. The largest absolute Gasteiger partial charge is 0.0949 e. The molecule has 0 bridgehead atoms. The van der Waals surface area contributed by atoms with Crippen molar-refractivity contribution in [2.75, 3.05) is 0 Å². The van der Waals surface area contributed by atoms with E-state index < -0.39 is 0 Å². The first kappa shape index (κ1) is 17.8. The van der Waals surface area contributed by atoms with Crippen LogP contribution in [0.1, 0.15) is 54.5 Å². The van der Waals surface area contributed by atoms with Crippen LogP contribution in [0.2, 0.25) is 0 Å². The molecule has 136 valence electrons. The summed E-state index contributed by atoms with van der Waals surface area (Å²) >= 11 is 0. The zero-order valence-corrected chi connectivity index (χ0v) is 16.5. The molecule has 2 aliphatic rings. The molecule has 0 spiro atoms. The highest BCUT2D eigenvalue weighted by atomic mass is 14.3. The lowest BCUT2D eigenvalue weighted by atomic mass is 9.87. The summed E-state index contributed by atoms with van der Waals surface area (Å²) in [6, 6.07) is 15.5. The van der Waals surface area contributed by atoms with Crippen LogP contribution >= 0.6 is 0 Å². The molecule has 0 atom stereocenters. The van der Waals surface area contributed by atoms with Crippen molar-refractivity contribution in [1.29, 1.82) is 0 Å². The number of rotatable bonds is 6. The lowest BCUT2D eigenvalue weighted by molar-refractivity contribution is 1.06. The van der Waals surface area contributed by atoms with Crippen molar-refractivity contribution in [3.8, 4) is 0 Å². The van der Waals surface area contributed by atoms with Crippen molar-refractivity contribution in [3.05, 3.63) is 106 Å². The summed E-state index contributed by atoms with van der Waals surface area (Å²) in [5.74, 6) is 0. The maximum atomic E-state index is 4.52. The first-order valence-corrected chi connectivity index (χ1v) is 10.2. The SMILES string of the molecule is C=C(CC1=CCC=C1C1=Cc2ccccc2C1)c1c(CC)cccc1CC. The Balaban J connectivity index is 1.58. The minimum atomic E-state index is 0.948. The molecule has 0 heteroatoms.